The van der Waals surface area contributed by atoms with E-state index in [9.17, 15) is 18.8 Å². The number of benzene rings is 2. The van der Waals surface area contributed by atoms with Crippen LogP contribution >= 0.6 is 23.1 Å². The van der Waals surface area contributed by atoms with Crippen molar-refractivity contribution in [3.05, 3.63) is 70.6 Å². The highest BCUT2D eigenvalue weighted by molar-refractivity contribution is 7.10. The summed E-state index contributed by atoms with van der Waals surface area (Å²) in [7, 11) is 0. The van der Waals surface area contributed by atoms with Gasteiger partial charge in [-0.15, -0.1) is 11.5 Å². The van der Waals surface area contributed by atoms with Crippen molar-refractivity contribution in [2.45, 2.75) is 38.7 Å². The lowest BCUT2D eigenvalue weighted by Gasteiger charge is -2.19. The zero-order valence-electron chi connectivity index (χ0n) is 20.7. The second-order valence-corrected chi connectivity index (χ2v) is 9.69. The minimum atomic E-state index is -0.762. The van der Waals surface area contributed by atoms with Crippen molar-refractivity contribution < 1.29 is 23.5 Å². The number of imide groups is 1. The van der Waals surface area contributed by atoms with Crippen molar-refractivity contribution >= 4 is 57.4 Å². The number of ether oxygens (including phenoxy) is 1. The molecule has 0 bridgehead atoms. The Bertz CT molecular complexity index is 1430. The van der Waals surface area contributed by atoms with Crippen molar-refractivity contribution in [1.82, 2.24) is 9.59 Å². The van der Waals surface area contributed by atoms with E-state index in [0.29, 0.717) is 29.0 Å². The van der Waals surface area contributed by atoms with E-state index in [1.165, 1.54) is 12.3 Å². The van der Waals surface area contributed by atoms with Crippen LogP contribution in [0.1, 0.15) is 32.6 Å². The number of amides is 4. The van der Waals surface area contributed by atoms with Gasteiger partial charge in [0.15, 0.2) is 6.10 Å². The van der Waals surface area contributed by atoms with Gasteiger partial charge in [-0.3, -0.25) is 14.9 Å². The molecule has 2 aromatic carbocycles. The predicted octanol–water partition coefficient (Wildman–Crippen LogP) is 5.81. The maximum absolute atomic E-state index is 14.4. The monoisotopic (exact) mass is 567 g/mol. The molecule has 1 atom stereocenters. The molecule has 0 saturated heterocycles. The molecule has 1 aliphatic carbocycles. The third-order valence-corrected chi connectivity index (χ3v) is 6.68. The molecular formula is C27H23ClFN5O4S. The van der Waals surface area contributed by atoms with Crippen molar-refractivity contribution in [2.75, 3.05) is 15.5 Å². The summed E-state index contributed by atoms with van der Waals surface area (Å²) in [6, 6.07) is 11.2. The SMILES string of the molecule is C#CC(C)Oc1cc(N2C(=O)C3=C(CCCC3)C2=O)c(F)cc1Cl.O=C(Nc1ccccc1)Nc1cnns1. The zero-order chi connectivity index (χ0) is 27.9. The summed E-state index contributed by atoms with van der Waals surface area (Å²) in [5.74, 6) is 0.807. The number of hydrogen-bond donors (Lipinski definition) is 2. The Morgan fingerprint density at radius 2 is 1.82 bits per heavy atom. The van der Waals surface area contributed by atoms with Crippen molar-refractivity contribution in [1.29, 1.82) is 0 Å². The number of rotatable bonds is 5. The topological polar surface area (TPSA) is 114 Å². The Labute approximate surface area is 233 Å². The molecule has 9 nitrogen and oxygen atoms in total. The van der Waals surface area contributed by atoms with E-state index in [2.05, 4.69) is 26.1 Å². The van der Waals surface area contributed by atoms with Gasteiger partial charge in [0.2, 0.25) is 0 Å². The summed E-state index contributed by atoms with van der Waals surface area (Å²) in [6.45, 7) is 1.63. The molecule has 0 spiro atoms. The van der Waals surface area contributed by atoms with Crippen LogP contribution in [-0.4, -0.2) is 33.5 Å². The number of urea groups is 1. The Hall–Kier alpha value is -4.27. The van der Waals surface area contributed by atoms with Gasteiger partial charge in [-0.2, -0.15) is 0 Å². The predicted molar refractivity (Wildman–Crippen MR) is 147 cm³/mol. The molecule has 1 unspecified atom stereocenters. The summed E-state index contributed by atoms with van der Waals surface area (Å²) >= 11 is 7.10. The third kappa shape index (κ3) is 6.60. The number of carbonyl (C=O) groups is 3. The molecule has 200 valence electrons. The molecule has 0 saturated carbocycles. The van der Waals surface area contributed by atoms with E-state index < -0.39 is 23.7 Å². The van der Waals surface area contributed by atoms with Crippen molar-refractivity contribution in [2.24, 2.45) is 0 Å². The Morgan fingerprint density at radius 1 is 1.15 bits per heavy atom. The molecule has 2 N–H and O–H groups in total. The second kappa shape index (κ2) is 12.5. The molecule has 1 aromatic heterocycles. The molecule has 12 heteroatoms. The average molecular weight is 568 g/mol. The number of nitrogens with zero attached hydrogens (tertiary/aromatic N) is 3. The van der Waals surface area contributed by atoms with Gasteiger partial charge in [0.05, 0.1) is 16.9 Å². The van der Waals surface area contributed by atoms with E-state index >= 15 is 0 Å². The van der Waals surface area contributed by atoms with Crippen LogP contribution in [0, 0.1) is 18.2 Å². The molecule has 2 heterocycles. The number of terminal acetylenes is 1. The lowest BCUT2D eigenvalue weighted by Crippen LogP contribution is -2.32. The summed E-state index contributed by atoms with van der Waals surface area (Å²) in [4.78, 5) is 37.4. The second-order valence-electron chi connectivity index (χ2n) is 8.50. The van der Waals surface area contributed by atoms with Gasteiger partial charge < -0.3 is 10.1 Å². The largest absolute Gasteiger partial charge is 0.476 e. The highest BCUT2D eigenvalue weighted by Crippen LogP contribution is 2.39. The Morgan fingerprint density at radius 3 is 2.41 bits per heavy atom. The fourth-order valence-electron chi connectivity index (χ4n) is 3.98. The van der Waals surface area contributed by atoms with Crippen LogP contribution in [-0.2, 0) is 9.59 Å². The fraction of sp³-hybridized carbons (Fsp3) is 0.222. The normalized spacial score (nSPS) is 15.1. The van der Waals surface area contributed by atoms with Crippen molar-refractivity contribution in [3.63, 3.8) is 0 Å². The molecule has 39 heavy (non-hydrogen) atoms. The molecule has 4 amide bonds. The first-order chi connectivity index (χ1) is 18.8. The van der Waals surface area contributed by atoms with Crippen LogP contribution in [0.4, 0.5) is 25.6 Å². The molecule has 0 radical (unpaired) electrons. The maximum atomic E-state index is 14.4. The van der Waals surface area contributed by atoms with Crippen molar-refractivity contribution in [3.8, 4) is 18.1 Å². The lowest BCUT2D eigenvalue weighted by atomic mass is 9.93. The number of aromatic nitrogens is 2. The van der Waals surface area contributed by atoms with Gasteiger partial charge in [0.25, 0.3) is 11.8 Å². The molecule has 2 aliphatic rings. The van der Waals surface area contributed by atoms with Crippen LogP contribution in [0.15, 0.2) is 59.8 Å². The third-order valence-electron chi connectivity index (χ3n) is 5.80. The van der Waals surface area contributed by atoms with Crippen LogP contribution in [0.3, 0.4) is 0 Å². The molecule has 5 rings (SSSR count). The summed E-state index contributed by atoms with van der Waals surface area (Å²) in [6.07, 6.45) is 8.96. The number of hydrogen-bond acceptors (Lipinski definition) is 7. The fourth-order valence-corrected chi connectivity index (χ4v) is 4.59. The summed E-state index contributed by atoms with van der Waals surface area (Å²) < 4.78 is 23.5. The van der Waals surface area contributed by atoms with E-state index in [0.717, 1.165) is 41.0 Å². The number of anilines is 3. The smallest absolute Gasteiger partial charge is 0.324 e. The van der Waals surface area contributed by atoms with Crippen LogP contribution in [0.25, 0.3) is 0 Å². The standard InChI is InChI=1S/C18H15ClFNO3.C9H8N4OS/c1-3-10(2)24-16-9-15(14(20)8-13(16)19)21-17(22)11-6-4-5-7-12(11)18(21)23;14-9(12-8-6-10-13-15-8)11-7-4-2-1-3-5-7/h1,8-10H,4-7H2,2H3;1-6H,(H2,11,12,14). The number of para-hydroxylation sites is 1. The van der Waals surface area contributed by atoms with Gasteiger partial charge in [0, 0.05) is 34.4 Å². The maximum Gasteiger partial charge on any atom is 0.324 e. The van der Waals surface area contributed by atoms with E-state index in [-0.39, 0.29) is 22.5 Å². The van der Waals surface area contributed by atoms with E-state index in [4.69, 9.17) is 22.8 Å². The van der Waals surface area contributed by atoms with Gasteiger partial charge in [-0.05, 0) is 50.8 Å². The van der Waals surface area contributed by atoms with E-state index in [1.807, 2.05) is 30.3 Å². The Balaban J connectivity index is 0.000000202. The highest BCUT2D eigenvalue weighted by atomic mass is 35.5. The number of carbonyl (C=O) groups excluding carboxylic acids is 3. The average Bonchev–Trinajstić information content (AvgIpc) is 3.53. The van der Waals surface area contributed by atoms with Crippen LogP contribution in [0.2, 0.25) is 5.02 Å². The quantitative estimate of drug-likeness (QED) is 0.297. The van der Waals surface area contributed by atoms with E-state index in [1.54, 1.807) is 6.92 Å². The highest BCUT2D eigenvalue weighted by Gasteiger charge is 2.41. The summed E-state index contributed by atoms with van der Waals surface area (Å²) in [5.41, 5.74) is 1.55. The number of nitrogens with one attached hydrogen (secondary N) is 2. The van der Waals surface area contributed by atoms with Crippen LogP contribution < -0.4 is 20.3 Å². The molecule has 1 aliphatic heterocycles. The first-order valence-electron chi connectivity index (χ1n) is 11.9. The first kappa shape index (κ1) is 27.8. The molecule has 0 fully saturated rings. The van der Waals surface area contributed by atoms with Gasteiger partial charge >= 0.3 is 6.03 Å². The molecular weight excluding hydrogens is 545 g/mol. The van der Waals surface area contributed by atoms with Crippen LogP contribution in [0.5, 0.6) is 5.75 Å². The number of halogens is 2. The zero-order valence-corrected chi connectivity index (χ0v) is 22.3. The van der Waals surface area contributed by atoms with Gasteiger partial charge in [-0.25, -0.2) is 14.1 Å². The minimum Gasteiger partial charge on any atom is -0.476 e. The van der Waals surface area contributed by atoms with Gasteiger partial charge in [-0.1, -0.05) is 40.2 Å². The van der Waals surface area contributed by atoms with Gasteiger partial charge in [0.1, 0.15) is 16.6 Å². The lowest BCUT2D eigenvalue weighted by molar-refractivity contribution is -0.120. The summed E-state index contributed by atoms with van der Waals surface area (Å²) in [5, 5.41) is 9.54. The minimum absolute atomic E-state index is 0.0233. The first-order valence-corrected chi connectivity index (χ1v) is 13.1. The Kier molecular flexibility index (Phi) is 8.91. The molecule has 3 aromatic rings.